The standard InChI is InChI=1S/C14H17N3O5/c1-16-10(18)9(5-15-13(16)22)11(19)17-6-8-3-2-4-14(8,7-17)12(20)21/h5,8H,2-4,6-7H2,1H3,(H,15,22)(H,20,21)/t8-,14+/m0/s1. The molecular formula is C14H17N3O5. The van der Waals surface area contributed by atoms with E-state index >= 15 is 0 Å². The number of aliphatic carboxylic acids is 1. The average molecular weight is 307 g/mol. The van der Waals surface area contributed by atoms with Crippen LogP contribution in [0.25, 0.3) is 0 Å². The van der Waals surface area contributed by atoms with Crippen molar-refractivity contribution in [1.29, 1.82) is 0 Å². The minimum absolute atomic E-state index is 0.0689. The van der Waals surface area contributed by atoms with Gasteiger partial charge in [0.05, 0.1) is 5.41 Å². The zero-order valence-corrected chi connectivity index (χ0v) is 12.2. The first-order valence-electron chi connectivity index (χ1n) is 7.18. The van der Waals surface area contributed by atoms with Crippen molar-refractivity contribution in [3.8, 4) is 0 Å². The van der Waals surface area contributed by atoms with Gasteiger partial charge in [0, 0.05) is 26.3 Å². The van der Waals surface area contributed by atoms with Gasteiger partial charge in [0.25, 0.3) is 11.5 Å². The highest BCUT2D eigenvalue weighted by atomic mass is 16.4. The molecule has 2 fully saturated rings. The first kappa shape index (κ1) is 14.6. The number of likely N-dealkylation sites (tertiary alicyclic amines) is 1. The number of amides is 1. The molecule has 1 amide bonds. The molecule has 1 aromatic rings. The Bertz CT molecular complexity index is 764. The lowest BCUT2D eigenvalue weighted by atomic mass is 9.81. The van der Waals surface area contributed by atoms with Gasteiger partial charge in [0.15, 0.2) is 0 Å². The molecular weight excluding hydrogens is 290 g/mol. The minimum Gasteiger partial charge on any atom is -0.481 e. The summed E-state index contributed by atoms with van der Waals surface area (Å²) in [6.45, 7) is 0.460. The topological polar surface area (TPSA) is 112 Å². The number of nitrogens with zero attached hydrogens (tertiary/aromatic N) is 2. The van der Waals surface area contributed by atoms with Crippen molar-refractivity contribution in [3.63, 3.8) is 0 Å². The van der Waals surface area contributed by atoms with E-state index in [0.717, 1.165) is 23.6 Å². The maximum absolute atomic E-state index is 12.5. The maximum Gasteiger partial charge on any atom is 0.328 e. The summed E-state index contributed by atoms with van der Waals surface area (Å²) in [5, 5.41) is 9.53. The zero-order valence-electron chi connectivity index (χ0n) is 12.2. The molecule has 1 aromatic heterocycles. The SMILES string of the molecule is Cn1c(=O)[nH]cc(C(=O)N2C[C@@H]3CCC[C@@]3(C(=O)O)C2)c1=O. The molecule has 0 unspecified atom stereocenters. The smallest absolute Gasteiger partial charge is 0.328 e. The van der Waals surface area contributed by atoms with Crippen LogP contribution in [0.5, 0.6) is 0 Å². The fourth-order valence-electron chi connectivity index (χ4n) is 3.68. The number of carboxylic acids is 1. The van der Waals surface area contributed by atoms with Crippen molar-refractivity contribution in [2.45, 2.75) is 19.3 Å². The van der Waals surface area contributed by atoms with Gasteiger partial charge in [-0.05, 0) is 18.8 Å². The Morgan fingerprint density at radius 3 is 2.77 bits per heavy atom. The third-order valence-electron chi connectivity index (χ3n) is 4.99. The number of hydrogen-bond acceptors (Lipinski definition) is 4. The monoisotopic (exact) mass is 307 g/mol. The molecule has 2 heterocycles. The molecule has 2 aliphatic rings. The summed E-state index contributed by atoms with van der Waals surface area (Å²) in [6.07, 6.45) is 3.29. The highest BCUT2D eigenvalue weighted by molar-refractivity contribution is 5.94. The van der Waals surface area contributed by atoms with Crippen LogP contribution in [-0.2, 0) is 11.8 Å². The van der Waals surface area contributed by atoms with Gasteiger partial charge in [-0.3, -0.25) is 19.0 Å². The number of carbonyl (C=O) groups excluding carboxylic acids is 1. The van der Waals surface area contributed by atoms with Crippen molar-refractivity contribution in [1.82, 2.24) is 14.5 Å². The third-order valence-corrected chi connectivity index (χ3v) is 4.99. The van der Waals surface area contributed by atoms with Crippen molar-refractivity contribution < 1.29 is 14.7 Å². The molecule has 3 rings (SSSR count). The van der Waals surface area contributed by atoms with Crippen molar-refractivity contribution in [2.75, 3.05) is 13.1 Å². The van der Waals surface area contributed by atoms with Gasteiger partial charge < -0.3 is 15.0 Å². The number of carboxylic acid groups (broad SMARTS) is 1. The van der Waals surface area contributed by atoms with E-state index in [1.807, 2.05) is 0 Å². The van der Waals surface area contributed by atoms with E-state index in [2.05, 4.69) is 4.98 Å². The predicted octanol–water partition coefficient (Wildman–Crippen LogP) is -0.599. The summed E-state index contributed by atoms with van der Waals surface area (Å²) >= 11 is 0. The normalized spacial score (nSPS) is 27.0. The van der Waals surface area contributed by atoms with Gasteiger partial charge in [-0.2, -0.15) is 0 Å². The van der Waals surface area contributed by atoms with Crippen LogP contribution in [0.15, 0.2) is 15.8 Å². The third kappa shape index (κ3) is 1.90. The number of fused-ring (bicyclic) bond motifs is 1. The molecule has 1 aliphatic carbocycles. The van der Waals surface area contributed by atoms with Crippen LogP contribution in [0.1, 0.15) is 29.6 Å². The van der Waals surface area contributed by atoms with Gasteiger partial charge in [0.2, 0.25) is 0 Å². The fourth-order valence-corrected chi connectivity index (χ4v) is 3.68. The molecule has 0 bridgehead atoms. The van der Waals surface area contributed by atoms with E-state index in [4.69, 9.17) is 0 Å². The highest BCUT2D eigenvalue weighted by Gasteiger charge is 2.56. The Morgan fingerprint density at radius 1 is 1.41 bits per heavy atom. The first-order valence-corrected chi connectivity index (χ1v) is 7.18. The van der Waals surface area contributed by atoms with Crippen LogP contribution in [-0.4, -0.2) is 44.5 Å². The maximum atomic E-state index is 12.5. The molecule has 8 nitrogen and oxygen atoms in total. The lowest BCUT2D eigenvalue weighted by Gasteiger charge is -2.23. The van der Waals surface area contributed by atoms with Crippen molar-refractivity contribution in [3.05, 3.63) is 32.6 Å². The van der Waals surface area contributed by atoms with Gasteiger partial charge in [-0.15, -0.1) is 0 Å². The van der Waals surface area contributed by atoms with Gasteiger partial charge in [0.1, 0.15) is 5.56 Å². The molecule has 22 heavy (non-hydrogen) atoms. The largest absolute Gasteiger partial charge is 0.481 e. The molecule has 0 spiro atoms. The van der Waals surface area contributed by atoms with E-state index in [-0.39, 0.29) is 18.0 Å². The van der Waals surface area contributed by atoms with E-state index in [9.17, 15) is 24.3 Å². The summed E-state index contributed by atoms with van der Waals surface area (Å²) in [7, 11) is 1.29. The molecule has 1 saturated heterocycles. The summed E-state index contributed by atoms with van der Waals surface area (Å²) < 4.78 is 0.830. The van der Waals surface area contributed by atoms with Gasteiger partial charge in [-0.25, -0.2) is 4.79 Å². The number of rotatable bonds is 2. The highest BCUT2D eigenvalue weighted by Crippen LogP contribution is 2.49. The van der Waals surface area contributed by atoms with Gasteiger partial charge >= 0.3 is 11.7 Å². The summed E-state index contributed by atoms with van der Waals surface area (Å²) in [5.74, 6) is -1.47. The van der Waals surface area contributed by atoms with Crippen LogP contribution < -0.4 is 11.2 Å². The number of aromatic nitrogens is 2. The number of carbonyl (C=O) groups is 2. The minimum atomic E-state index is -0.886. The molecule has 0 aromatic carbocycles. The molecule has 2 N–H and O–H groups in total. The Kier molecular flexibility index (Phi) is 3.19. The molecule has 2 atom stereocenters. The molecule has 118 valence electrons. The number of aromatic amines is 1. The Morgan fingerprint density at radius 2 is 2.14 bits per heavy atom. The van der Waals surface area contributed by atoms with E-state index in [1.165, 1.54) is 11.9 Å². The molecule has 8 heteroatoms. The average Bonchev–Trinajstić information content (AvgIpc) is 3.02. The zero-order chi connectivity index (χ0) is 16.1. The quantitative estimate of drug-likeness (QED) is 0.757. The number of hydrogen-bond donors (Lipinski definition) is 2. The first-order chi connectivity index (χ1) is 10.4. The van der Waals surface area contributed by atoms with E-state index in [0.29, 0.717) is 13.0 Å². The Balaban J connectivity index is 1.93. The van der Waals surface area contributed by atoms with Crippen LogP contribution in [0.3, 0.4) is 0 Å². The second kappa shape index (κ2) is 4.82. The predicted molar refractivity (Wildman–Crippen MR) is 75.6 cm³/mol. The lowest BCUT2D eigenvalue weighted by molar-refractivity contribution is -0.149. The van der Waals surface area contributed by atoms with E-state index < -0.39 is 28.5 Å². The molecule has 0 radical (unpaired) electrons. The summed E-state index contributed by atoms with van der Waals surface area (Å²) in [6, 6.07) is 0. The summed E-state index contributed by atoms with van der Waals surface area (Å²) in [4.78, 5) is 51.3. The molecule has 1 aliphatic heterocycles. The Hall–Kier alpha value is -2.38. The van der Waals surface area contributed by atoms with Crippen LogP contribution in [0.2, 0.25) is 0 Å². The van der Waals surface area contributed by atoms with Crippen LogP contribution >= 0.6 is 0 Å². The second-order valence-electron chi connectivity index (χ2n) is 6.11. The fraction of sp³-hybridized carbons (Fsp3) is 0.571. The van der Waals surface area contributed by atoms with E-state index in [1.54, 1.807) is 0 Å². The van der Waals surface area contributed by atoms with Crippen molar-refractivity contribution >= 4 is 11.9 Å². The number of H-pyrrole nitrogens is 1. The number of nitrogens with one attached hydrogen (secondary N) is 1. The van der Waals surface area contributed by atoms with Crippen LogP contribution in [0.4, 0.5) is 0 Å². The van der Waals surface area contributed by atoms with Crippen molar-refractivity contribution in [2.24, 2.45) is 18.4 Å². The molecule has 1 saturated carbocycles. The van der Waals surface area contributed by atoms with Crippen LogP contribution in [0, 0.1) is 11.3 Å². The van der Waals surface area contributed by atoms with Gasteiger partial charge in [-0.1, -0.05) is 6.42 Å². The lowest BCUT2D eigenvalue weighted by Crippen LogP contribution is -2.41. The second-order valence-corrected chi connectivity index (χ2v) is 6.11. The Labute approximate surface area is 125 Å². The summed E-state index contributed by atoms with van der Waals surface area (Å²) in [5.41, 5.74) is -2.29.